The lowest BCUT2D eigenvalue weighted by Gasteiger charge is -2.07. The molecule has 2 aromatic carbocycles. The molecule has 0 saturated heterocycles. The van der Waals surface area contributed by atoms with Gasteiger partial charge in [0, 0.05) is 10.6 Å². The van der Waals surface area contributed by atoms with Crippen molar-refractivity contribution in [3.63, 3.8) is 0 Å². The molecule has 0 heterocycles. The van der Waals surface area contributed by atoms with Crippen LogP contribution in [-0.4, -0.2) is 24.4 Å². The second-order valence-corrected chi connectivity index (χ2v) is 5.29. The molecule has 0 aliphatic carbocycles. The number of ether oxygens (including phenoxy) is 1. The van der Waals surface area contributed by atoms with Gasteiger partial charge in [0.05, 0.1) is 10.6 Å². The van der Waals surface area contributed by atoms with E-state index in [1.54, 1.807) is 30.3 Å². The second kappa shape index (κ2) is 7.76. The van der Waals surface area contributed by atoms with E-state index in [0.29, 0.717) is 10.6 Å². The molecule has 0 aliphatic rings. The SMILES string of the molecule is O=C(COC(=O)c1ccc(Cl)cc1Cl)NC(=O)c1ccccc1. The van der Waals surface area contributed by atoms with E-state index in [4.69, 9.17) is 27.9 Å². The molecular weight excluding hydrogens is 341 g/mol. The van der Waals surface area contributed by atoms with Crippen molar-refractivity contribution in [3.05, 3.63) is 69.7 Å². The summed E-state index contributed by atoms with van der Waals surface area (Å²) in [6.07, 6.45) is 0. The van der Waals surface area contributed by atoms with Crippen LogP contribution in [0, 0.1) is 0 Å². The zero-order valence-corrected chi connectivity index (χ0v) is 13.2. The van der Waals surface area contributed by atoms with Gasteiger partial charge in [-0.15, -0.1) is 0 Å². The van der Waals surface area contributed by atoms with Crippen molar-refractivity contribution < 1.29 is 19.1 Å². The van der Waals surface area contributed by atoms with Gasteiger partial charge < -0.3 is 4.74 Å². The number of imide groups is 1. The summed E-state index contributed by atoms with van der Waals surface area (Å²) in [6.45, 7) is -0.601. The van der Waals surface area contributed by atoms with Gasteiger partial charge in [0.1, 0.15) is 0 Å². The number of halogens is 2. The topological polar surface area (TPSA) is 72.5 Å². The smallest absolute Gasteiger partial charge is 0.340 e. The van der Waals surface area contributed by atoms with Gasteiger partial charge in [-0.2, -0.15) is 0 Å². The predicted octanol–water partition coefficient (Wildman–Crippen LogP) is 3.11. The molecule has 2 amide bonds. The summed E-state index contributed by atoms with van der Waals surface area (Å²) in [7, 11) is 0. The normalized spacial score (nSPS) is 10.0. The summed E-state index contributed by atoms with van der Waals surface area (Å²) in [5.41, 5.74) is 0.408. The molecule has 0 aliphatic heterocycles. The molecule has 1 N–H and O–H groups in total. The molecule has 118 valence electrons. The maximum Gasteiger partial charge on any atom is 0.340 e. The van der Waals surface area contributed by atoms with Gasteiger partial charge in [-0.05, 0) is 30.3 Å². The highest BCUT2D eigenvalue weighted by atomic mass is 35.5. The fourth-order valence-corrected chi connectivity index (χ4v) is 2.17. The average molecular weight is 352 g/mol. The number of benzene rings is 2. The maximum atomic E-state index is 11.8. The van der Waals surface area contributed by atoms with Gasteiger partial charge in [0.15, 0.2) is 6.61 Å². The van der Waals surface area contributed by atoms with Crippen LogP contribution in [0.2, 0.25) is 10.0 Å². The first kappa shape index (κ1) is 17.0. The molecule has 0 bridgehead atoms. The second-order valence-electron chi connectivity index (χ2n) is 4.44. The molecule has 0 saturated carbocycles. The number of carbonyl (C=O) groups excluding carboxylic acids is 3. The van der Waals surface area contributed by atoms with Crippen molar-refractivity contribution >= 4 is 41.0 Å². The number of rotatable bonds is 4. The molecule has 5 nitrogen and oxygen atoms in total. The van der Waals surface area contributed by atoms with Crippen molar-refractivity contribution in [2.45, 2.75) is 0 Å². The van der Waals surface area contributed by atoms with Gasteiger partial charge in [-0.1, -0.05) is 41.4 Å². The fraction of sp³-hybridized carbons (Fsp3) is 0.0625. The summed E-state index contributed by atoms with van der Waals surface area (Å²) in [6, 6.07) is 12.5. The molecule has 2 aromatic rings. The van der Waals surface area contributed by atoms with E-state index in [9.17, 15) is 14.4 Å². The maximum absolute atomic E-state index is 11.8. The van der Waals surface area contributed by atoms with Gasteiger partial charge in [-0.25, -0.2) is 4.79 Å². The van der Waals surface area contributed by atoms with Gasteiger partial charge in [0.25, 0.3) is 11.8 Å². The van der Waals surface area contributed by atoms with E-state index in [2.05, 4.69) is 5.32 Å². The van der Waals surface area contributed by atoms with Gasteiger partial charge in [-0.3, -0.25) is 14.9 Å². The molecule has 0 aromatic heterocycles. The minimum atomic E-state index is -0.783. The van der Waals surface area contributed by atoms with Crippen molar-refractivity contribution in [1.82, 2.24) is 5.32 Å². The highest BCUT2D eigenvalue weighted by Crippen LogP contribution is 2.21. The van der Waals surface area contributed by atoms with E-state index >= 15 is 0 Å². The van der Waals surface area contributed by atoms with Gasteiger partial charge >= 0.3 is 5.97 Å². The van der Waals surface area contributed by atoms with Crippen molar-refractivity contribution in [2.75, 3.05) is 6.61 Å². The molecule has 23 heavy (non-hydrogen) atoms. The van der Waals surface area contributed by atoms with Crippen LogP contribution < -0.4 is 5.32 Å². The Hall–Kier alpha value is -2.37. The highest BCUT2D eigenvalue weighted by Gasteiger charge is 2.15. The van der Waals surface area contributed by atoms with Gasteiger partial charge in [0.2, 0.25) is 0 Å². The van der Waals surface area contributed by atoms with Crippen LogP contribution in [-0.2, 0) is 9.53 Å². The summed E-state index contributed by atoms with van der Waals surface area (Å²) in [4.78, 5) is 35.2. The minimum absolute atomic E-state index is 0.0817. The molecule has 0 unspecified atom stereocenters. The number of nitrogens with one attached hydrogen (secondary N) is 1. The first-order valence-corrected chi connectivity index (χ1v) is 7.24. The fourth-order valence-electron chi connectivity index (χ4n) is 1.69. The Morgan fingerprint density at radius 3 is 2.35 bits per heavy atom. The van der Waals surface area contributed by atoms with Crippen LogP contribution in [0.1, 0.15) is 20.7 Å². The number of amides is 2. The molecule has 0 fully saturated rings. The molecule has 2 rings (SSSR count). The van der Waals surface area contributed by atoms with Crippen molar-refractivity contribution in [3.8, 4) is 0 Å². The van der Waals surface area contributed by atoms with Crippen LogP contribution >= 0.6 is 23.2 Å². The zero-order valence-electron chi connectivity index (χ0n) is 11.7. The summed E-state index contributed by atoms with van der Waals surface area (Å²) in [5.74, 6) is -2.09. The minimum Gasteiger partial charge on any atom is -0.452 e. The van der Waals surface area contributed by atoms with Crippen LogP contribution in [0.4, 0.5) is 0 Å². The number of esters is 1. The first-order chi connectivity index (χ1) is 11.0. The van der Waals surface area contributed by atoms with Crippen LogP contribution in [0.15, 0.2) is 48.5 Å². The van der Waals surface area contributed by atoms with Crippen molar-refractivity contribution in [1.29, 1.82) is 0 Å². The largest absolute Gasteiger partial charge is 0.452 e. The zero-order chi connectivity index (χ0) is 16.8. The Balaban J connectivity index is 1.89. The van der Waals surface area contributed by atoms with Crippen LogP contribution in [0.3, 0.4) is 0 Å². The molecule has 0 radical (unpaired) electrons. The van der Waals surface area contributed by atoms with E-state index in [1.807, 2.05) is 0 Å². The number of hydrogen-bond donors (Lipinski definition) is 1. The summed E-state index contributed by atoms with van der Waals surface area (Å²) in [5, 5.41) is 2.60. The third-order valence-electron chi connectivity index (χ3n) is 2.77. The third-order valence-corrected chi connectivity index (χ3v) is 3.32. The predicted molar refractivity (Wildman–Crippen MR) is 85.7 cm³/mol. The number of carbonyl (C=O) groups is 3. The van der Waals surface area contributed by atoms with Crippen LogP contribution in [0.5, 0.6) is 0 Å². The third kappa shape index (κ3) is 4.81. The Bertz CT molecular complexity index is 747. The standard InChI is InChI=1S/C16H11Cl2NO4/c17-11-6-7-12(13(18)8-11)16(22)23-9-14(20)19-15(21)10-4-2-1-3-5-10/h1-8H,9H2,(H,19,20,21). The van der Waals surface area contributed by atoms with E-state index in [-0.39, 0.29) is 10.6 Å². The van der Waals surface area contributed by atoms with E-state index in [1.165, 1.54) is 18.2 Å². The Morgan fingerprint density at radius 1 is 1.00 bits per heavy atom. The van der Waals surface area contributed by atoms with Crippen LogP contribution in [0.25, 0.3) is 0 Å². The van der Waals surface area contributed by atoms with E-state index in [0.717, 1.165) is 0 Å². The lowest BCUT2D eigenvalue weighted by Crippen LogP contribution is -2.34. The summed E-state index contributed by atoms with van der Waals surface area (Å²) < 4.78 is 4.82. The Kier molecular flexibility index (Phi) is 5.73. The molecular formula is C16H11Cl2NO4. The number of hydrogen-bond acceptors (Lipinski definition) is 4. The first-order valence-electron chi connectivity index (χ1n) is 6.49. The summed E-state index contributed by atoms with van der Waals surface area (Å²) >= 11 is 11.6. The Morgan fingerprint density at radius 2 is 1.70 bits per heavy atom. The lowest BCUT2D eigenvalue weighted by molar-refractivity contribution is -0.123. The molecule has 7 heteroatoms. The molecule has 0 spiro atoms. The average Bonchev–Trinajstić information content (AvgIpc) is 2.53. The lowest BCUT2D eigenvalue weighted by atomic mass is 10.2. The molecule has 0 atom stereocenters. The Labute approximate surface area is 142 Å². The monoisotopic (exact) mass is 351 g/mol. The van der Waals surface area contributed by atoms with Crippen molar-refractivity contribution in [2.24, 2.45) is 0 Å². The highest BCUT2D eigenvalue weighted by molar-refractivity contribution is 6.36. The quantitative estimate of drug-likeness (QED) is 0.859. The van der Waals surface area contributed by atoms with E-state index < -0.39 is 24.4 Å².